The van der Waals surface area contributed by atoms with Crippen LogP contribution in [0.3, 0.4) is 0 Å². The van der Waals surface area contributed by atoms with E-state index in [1.807, 2.05) is 38.2 Å². The van der Waals surface area contributed by atoms with Crippen molar-refractivity contribution in [3.63, 3.8) is 0 Å². The largest absolute Gasteiger partial charge is 0.384 e. The SMILES string of the molecule is Cc1cc(Cl)cc(-c2ncnn3cc(CN4C(=O)C5C(C4=O)C5(C)C)cc23)c1NCC1(C)CCNCC1. The summed E-state index contributed by atoms with van der Waals surface area (Å²) in [5, 5.41) is 12.2. The summed E-state index contributed by atoms with van der Waals surface area (Å²) >= 11 is 6.52. The van der Waals surface area contributed by atoms with Gasteiger partial charge < -0.3 is 10.6 Å². The Balaban J connectivity index is 1.32. The zero-order valence-electron chi connectivity index (χ0n) is 21.8. The molecule has 0 bridgehead atoms. The van der Waals surface area contributed by atoms with E-state index in [-0.39, 0.29) is 41.0 Å². The molecule has 2 amide bonds. The molecule has 2 atom stereocenters. The lowest BCUT2D eigenvalue weighted by atomic mass is 9.81. The fourth-order valence-electron chi connectivity index (χ4n) is 6.29. The van der Waals surface area contributed by atoms with Gasteiger partial charge in [-0.1, -0.05) is 32.4 Å². The molecule has 2 aliphatic heterocycles. The van der Waals surface area contributed by atoms with Crippen molar-refractivity contribution in [2.45, 2.75) is 47.1 Å². The number of likely N-dealkylation sites (tertiary alicyclic amines) is 1. The monoisotopic (exact) mass is 520 g/mol. The number of benzene rings is 1. The van der Waals surface area contributed by atoms with E-state index >= 15 is 0 Å². The molecule has 3 aromatic rings. The number of carbonyl (C=O) groups excluding carboxylic acids is 2. The molecule has 2 aromatic heterocycles. The molecule has 1 aromatic carbocycles. The van der Waals surface area contributed by atoms with Gasteiger partial charge in [0.05, 0.1) is 29.6 Å². The normalized spacial score (nSPS) is 24.0. The van der Waals surface area contributed by atoms with Gasteiger partial charge in [0.25, 0.3) is 0 Å². The van der Waals surface area contributed by atoms with Crippen LogP contribution in [0.25, 0.3) is 16.8 Å². The summed E-state index contributed by atoms with van der Waals surface area (Å²) in [6, 6.07) is 5.89. The van der Waals surface area contributed by atoms with Crippen LogP contribution in [0, 0.1) is 29.6 Å². The third-order valence-corrected chi connectivity index (χ3v) is 8.97. The summed E-state index contributed by atoms with van der Waals surface area (Å²) in [7, 11) is 0. The molecule has 0 radical (unpaired) electrons. The van der Waals surface area contributed by atoms with Crippen LogP contribution in [0.2, 0.25) is 5.02 Å². The van der Waals surface area contributed by atoms with E-state index < -0.39 is 0 Å². The van der Waals surface area contributed by atoms with Gasteiger partial charge >= 0.3 is 0 Å². The highest BCUT2D eigenvalue weighted by Gasteiger charge is 2.72. The molecule has 3 aliphatic rings. The Morgan fingerprint density at radius 3 is 2.51 bits per heavy atom. The fraction of sp³-hybridized carbons (Fsp3) is 0.500. The second kappa shape index (κ2) is 8.53. The molecular weight excluding hydrogens is 488 g/mol. The first-order chi connectivity index (χ1) is 17.6. The van der Waals surface area contributed by atoms with Crippen LogP contribution in [-0.4, -0.2) is 50.9 Å². The molecule has 4 heterocycles. The number of aryl methyl sites for hydroxylation is 1. The number of halogens is 1. The smallest absolute Gasteiger partial charge is 0.233 e. The second-order valence-corrected chi connectivity index (χ2v) is 12.3. The average Bonchev–Trinajstić information content (AvgIpc) is 3.09. The van der Waals surface area contributed by atoms with Gasteiger partial charge in [-0.15, -0.1) is 0 Å². The minimum absolute atomic E-state index is 0.0649. The van der Waals surface area contributed by atoms with Crippen LogP contribution in [-0.2, 0) is 16.1 Å². The van der Waals surface area contributed by atoms with Gasteiger partial charge in [-0.3, -0.25) is 14.5 Å². The number of imide groups is 1. The summed E-state index contributed by atoms with van der Waals surface area (Å²) < 4.78 is 1.77. The first kappa shape index (κ1) is 24.4. The van der Waals surface area contributed by atoms with Crippen molar-refractivity contribution in [2.24, 2.45) is 22.7 Å². The maximum atomic E-state index is 12.9. The van der Waals surface area contributed by atoms with Gasteiger partial charge in [0.1, 0.15) is 6.33 Å². The lowest BCUT2D eigenvalue weighted by Gasteiger charge is -2.35. The van der Waals surface area contributed by atoms with E-state index in [2.05, 4.69) is 34.6 Å². The van der Waals surface area contributed by atoms with Crippen LogP contribution in [0.5, 0.6) is 0 Å². The highest BCUT2D eigenvalue weighted by Crippen LogP contribution is 2.63. The van der Waals surface area contributed by atoms with E-state index in [9.17, 15) is 9.59 Å². The van der Waals surface area contributed by atoms with Crippen LogP contribution in [0.4, 0.5) is 5.69 Å². The number of rotatable bonds is 6. The number of nitrogens with zero attached hydrogens (tertiary/aromatic N) is 4. The maximum absolute atomic E-state index is 12.9. The number of piperidine rings is 2. The summed E-state index contributed by atoms with van der Waals surface area (Å²) in [4.78, 5) is 31.8. The van der Waals surface area contributed by atoms with Gasteiger partial charge in [0.2, 0.25) is 11.8 Å². The maximum Gasteiger partial charge on any atom is 0.233 e. The number of hydrogen-bond donors (Lipinski definition) is 2. The highest BCUT2D eigenvalue weighted by molar-refractivity contribution is 6.31. The van der Waals surface area contributed by atoms with E-state index in [0.29, 0.717) is 5.02 Å². The molecule has 194 valence electrons. The third-order valence-electron chi connectivity index (χ3n) is 8.75. The van der Waals surface area contributed by atoms with Gasteiger partial charge in [-0.25, -0.2) is 9.50 Å². The Morgan fingerprint density at radius 2 is 1.81 bits per heavy atom. The summed E-state index contributed by atoms with van der Waals surface area (Å²) in [5.41, 5.74) is 5.38. The lowest BCUT2D eigenvalue weighted by molar-refractivity contribution is -0.143. The van der Waals surface area contributed by atoms with Crippen molar-refractivity contribution in [2.75, 3.05) is 25.0 Å². The average molecular weight is 521 g/mol. The van der Waals surface area contributed by atoms with Gasteiger partial charge in [-0.05, 0) is 73.0 Å². The molecule has 37 heavy (non-hydrogen) atoms. The number of aromatic nitrogens is 3. The molecule has 2 unspecified atom stereocenters. The quantitative estimate of drug-likeness (QED) is 0.471. The first-order valence-electron chi connectivity index (χ1n) is 13.0. The molecule has 6 rings (SSSR count). The molecule has 9 heteroatoms. The Kier molecular flexibility index (Phi) is 5.62. The zero-order valence-corrected chi connectivity index (χ0v) is 22.5. The summed E-state index contributed by atoms with van der Waals surface area (Å²) in [6.07, 6.45) is 5.64. The van der Waals surface area contributed by atoms with Crippen LogP contribution in [0.15, 0.2) is 30.7 Å². The summed E-state index contributed by atoms with van der Waals surface area (Å²) in [6.45, 7) is 11.5. The highest BCUT2D eigenvalue weighted by atomic mass is 35.5. The minimum Gasteiger partial charge on any atom is -0.384 e. The van der Waals surface area contributed by atoms with Crippen molar-refractivity contribution in [3.05, 3.63) is 46.9 Å². The predicted molar refractivity (Wildman–Crippen MR) is 143 cm³/mol. The number of nitrogens with one attached hydrogen (secondary N) is 2. The van der Waals surface area contributed by atoms with Crippen LogP contribution in [0.1, 0.15) is 44.7 Å². The minimum atomic E-state index is -0.214. The molecule has 2 N–H and O–H groups in total. The van der Waals surface area contributed by atoms with E-state index in [4.69, 9.17) is 11.6 Å². The molecule has 1 saturated carbocycles. The van der Waals surface area contributed by atoms with E-state index in [1.165, 1.54) is 11.2 Å². The third kappa shape index (κ3) is 4.01. The molecule has 8 nitrogen and oxygen atoms in total. The Labute approximate surface area is 221 Å². The lowest BCUT2D eigenvalue weighted by Crippen LogP contribution is -2.39. The number of carbonyl (C=O) groups is 2. The number of amides is 2. The number of hydrogen-bond acceptors (Lipinski definition) is 6. The fourth-order valence-corrected chi connectivity index (χ4v) is 6.57. The van der Waals surface area contributed by atoms with Crippen molar-refractivity contribution in [3.8, 4) is 11.3 Å². The van der Waals surface area contributed by atoms with Crippen molar-refractivity contribution >= 4 is 34.6 Å². The molecule has 3 fully saturated rings. The van der Waals surface area contributed by atoms with E-state index in [1.54, 1.807) is 4.52 Å². The standard InChI is InChI=1S/C28H33ClN6O2/c1-16-9-18(29)11-19(23(16)31-14-28(4)5-7-30-8-6-28)24-20-10-17(13-35(20)33-15-32-24)12-34-25(36)21-22(26(34)37)27(21,2)3/h9-11,13,15,21-22,30-31H,5-8,12,14H2,1-4H3. The number of anilines is 1. The van der Waals surface area contributed by atoms with Gasteiger partial charge in [0.15, 0.2) is 0 Å². The molecule has 2 saturated heterocycles. The molecule has 1 aliphatic carbocycles. The van der Waals surface area contributed by atoms with Gasteiger partial charge in [-0.2, -0.15) is 5.10 Å². The predicted octanol–water partition coefficient (Wildman–Crippen LogP) is 4.30. The first-order valence-corrected chi connectivity index (χ1v) is 13.4. The van der Waals surface area contributed by atoms with Crippen molar-refractivity contribution < 1.29 is 9.59 Å². The summed E-state index contributed by atoms with van der Waals surface area (Å²) in [5.74, 6) is -0.496. The zero-order chi connectivity index (χ0) is 26.1. The van der Waals surface area contributed by atoms with Crippen LogP contribution < -0.4 is 10.6 Å². The Hall–Kier alpha value is -2.97. The van der Waals surface area contributed by atoms with Crippen molar-refractivity contribution in [1.29, 1.82) is 0 Å². The van der Waals surface area contributed by atoms with E-state index in [0.717, 1.165) is 66.1 Å². The Bertz CT molecular complexity index is 1400. The number of fused-ring (bicyclic) bond motifs is 2. The van der Waals surface area contributed by atoms with Crippen LogP contribution >= 0.6 is 11.6 Å². The molecular formula is C28H33ClN6O2. The molecule has 0 spiro atoms. The Morgan fingerprint density at radius 1 is 1.11 bits per heavy atom. The van der Waals surface area contributed by atoms with Crippen molar-refractivity contribution in [1.82, 2.24) is 24.8 Å². The topological polar surface area (TPSA) is 91.6 Å². The van der Waals surface area contributed by atoms with Gasteiger partial charge in [0, 0.05) is 29.0 Å². The second-order valence-electron chi connectivity index (χ2n) is 11.9.